The normalized spacial score (nSPS) is 18.0. The van der Waals surface area contributed by atoms with E-state index in [1.807, 2.05) is 24.3 Å². The third-order valence-electron chi connectivity index (χ3n) is 5.12. The van der Waals surface area contributed by atoms with Gasteiger partial charge in [0.15, 0.2) is 0 Å². The molecule has 1 amide bonds. The number of carbonyl (C=O) groups is 1. The molecule has 1 saturated heterocycles. The minimum atomic E-state index is -3.70. The topological polar surface area (TPSA) is 66.9 Å². The molecule has 2 aliphatic heterocycles. The van der Waals surface area contributed by atoms with Crippen LogP contribution in [0.2, 0.25) is 0 Å². The maximum atomic E-state index is 13.2. The molecule has 0 radical (unpaired) electrons. The van der Waals surface area contributed by atoms with Crippen LogP contribution in [0, 0.1) is 0 Å². The summed E-state index contributed by atoms with van der Waals surface area (Å²) in [6.45, 7) is 2.00. The quantitative estimate of drug-likeness (QED) is 0.699. The Bertz CT molecular complexity index is 1000. The van der Waals surface area contributed by atoms with E-state index in [0.717, 1.165) is 24.1 Å². The van der Waals surface area contributed by atoms with Gasteiger partial charge in [-0.2, -0.15) is 4.31 Å². The number of hydrogen-bond donors (Lipinski definition) is 0. The highest BCUT2D eigenvalue weighted by Gasteiger charge is 2.30. The van der Waals surface area contributed by atoms with Crippen LogP contribution in [0.3, 0.4) is 0 Å². The summed E-state index contributed by atoms with van der Waals surface area (Å²) in [4.78, 5) is 15.1. The highest BCUT2D eigenvalue weighted by Crippen LogP contribution is 2.31. The van der Waals surface area contributed by atoms with Crippen LogP contribution in [0.15, 0.2) is 51.8 Å². The summed E-state index contributed by atoms with van der Waals surface area (Å²) < 4.78 is 33.3. The van der Waals surface area contributed by atoms with Crippen molar-refractivity contribution in [3.8, 4) is 0 Å². The van der Waals surface area contributed by atoms with E-state index in [4.69, 9.17) is 4.74 Å². The van der Waals surface area contributed by atoms with Gasteiger partial charge in [0, 0.05) is 35.4 Å². The summed E-state index contributed by atoms with van der Waals surface area (Å²) in [6, 6.07) is 12.6. The number of aryl methyl sites for hydroxylation is 1. The molecule has 0 aromatic heterocycles. The predicted octanol–water partition coefficient (Wildman–Crippen LogP) is 3.06. The Hall–Kier alpha value is -1.74. The molecule has 8 heteroatoms. The van der Waals surface area contributed by atoms with Crippen molar-refractivity contribution in [3.63, 3.8) is 0 Å². The number of halogens is 1. The zero-order valence-electron chi connectivity index (χ0n) is 15.3. The number of para-hydroxylation sites is 1. The molecule has 148 valence electrons. The molecular formula is C20H21BrN2O4S. The maximum absolute atomic E-state index is 13.2. The van der Waals surface area contributed by atoms with Crippen LogP contribution < -0.4 is 4.90 Å². The third-order valence-corrected chi connectivity index (χ3v) is 8.01. The molecule has 2 aromatic carbocycles. The lowest BCUT2D eigenvalue weighted by Crippen LogP contribution is -2.41. The van der Waals surface area contributed by atoms with Crippen molar-refractivity contribution < 1.29 is 17.9 Å². The second kappa shape index (κ2) is 7.94. The van der Waals surface area contributed by atoms with Gasteiger partial charge in [-0.3, -0.25) is 4.79 Å². The molecule has 2 aromatic rings. The Kier molecular flexibility index (Phi) is 5.55. The van der Waals surface area contributed by atoms with Crippen LogP contribution in [-0.4, -0.2) is 51.5 Å². The summed E-state index contributed by atoms with van der Waals surface area (Å²) in [5, 5.41) is 0. The van der Waals surface area contributed by atoms with E-state index in [9.17, 15) is 13.2 Å². The summed E-state index contributed by atoms with van der Waals surface area (Å²) in [5.41, 5.74) is 2.41. The number of sulfonamides is 1. The number of carbonyl (C=O) groups excluding carboxylic acids is 1. The number of ether oxygens (including phenoxy) is 1. The van der Waals surface area contributed by atoms with Gasteiger partial charge in [-0.25, -0.2) is 8.42 Å². The second-order valence-corrected chi connectivity index (χ2v) is 9.61. The fraction of sp³-hybridized carbons (Fsp3) is 0.350. The van der Waals surface area contributed by atoms with Crippen LogP contribution >= 0.6 is 15.9 Å². The molecule has 0 N–H and O–H groups in total. The number of benzene rings is 2. The number of amides is 1. The minimum Gasteiger partial charge on any atom is -0.379 e. The first-order valence-electron chi connectivity index (χ1n) is 9.26. The Morgan fingerprint density at radius 1 is 1.04 bits per heavy atom. The first-order chi connectivity index (χ1) is 13.5. The summed E-state index contributed by atoms with van der Waals surface area (Å²) in [7, 11) is -3.70. The maximum Gasteiger partial charge on any atom is 0.258 e. The fourth-order valence-corrected chi connectivity index (χ4v) is 6.02. The molecule has 0 aliphatic carbocycles. The van der Waals surface area contributed by atoms with Crippen LogP contribution in [0.25, 0.3) is 0 Å². The zero-order chi connectivity index (χ0) is 19.7. The van der Waals surface area contributed by atoms with Gasteiger partial charge in [-0.05, 0) is 58.6 Å². The lowest BCUT2D eigenvalue weighted by molar-refractivity contribution is 0.0730. The number of morpholine rings is 1. The van der Waals surface area contributed by atoms with Gasteiger partial charge in [0.05, 0.1) is 18.1 Å². The van der Waals surface area contributed by atoms with Gasteiger partial charge in [0.1, 0.15) is 0 Å². The Labute approximate surface area is 173 Å². The Morgan fingerprint density at radius 3 is 2.57 bits per heavy atom. The number of nitrogens with zero attached hydrogens (tertiary/aromatic N) is 2. The van der Waals surface area contributed by atoms with Crippen LogP contribution in [0.5, 0.6) is 0 Å². The zero-order valence-corrected chi connectivity index (χ0v) is 17.7. The predicted molar refractivity (Wildman–Crippen MR) is 110 cm³/mol. The summed E-state index contributed by atoms with van der Waals surface area (Å²) >= 11 is 3.34. The highest BCUT2D eigenvalue weighted by atomic mass is 79.9. The molecule has 0 atom stereocenters. The first-order valence-corrected chi connectivity index (χ1v) is 11.5. The third kappa shape index (κ3) is 3.61. The van der Waals surface area contributed by atoms with Crippen LogP contribution in [-0.2, 0) is 21.2 Å². The molecular weight excluding hydrogens is 444 g/mol. The SMILES string of the molecule is O=C(c1ccc(Br)c(S(=O)(=O)N2CCOCC2)c1)N1CCCc2ccccc21. The van der Waals surface area contributed by atoms with E-state index in [2.05, 4.69) is 15.9 Å². The molecule has 2 aliphatic rings. The van der Waals surface area contributed by atoms with Gasteiger partial charge in [-0.1, -0.05) is 18.2 Å². The first kappa shape index (κ1) is 19.6. The van der Waals surface area contributed by atoms with Crippen molar-refractivity contribution in [2.24, 2.45) is 0 Å². The van der Waals surface area contributed by atoms with Gasteiger partial charge in [0.25, 0.3) is 5.91 Å². The molecule has 0 bridgehead atoms. The van der Waals surface area contributed by atoms with Gasteiger partial charge < -0.3 is 9.64 Å². The Balaban J connectivity index is 1.69. The highest BCUT2D eigenvalue weighted by molar-refractivity contribution is 9.10. The van der Waals surface area contributed by atoms with Crippen molar-refractivity contribution >= 4 is 37.5 Å². The number of hydrogen-bond acceptors (Lipinski definition) is 4. The standard InChI is InChI=1S/C20H21BrN2O4S/c21-17-8-7-16(14-19(17)28(25,26)22-10-12-27-13-11-22)20(24)23-9-3-5-15-4-1-2-6-18(15)23/h1-2,4,6-8,14H,3,5,9-13H2. The lowest BCUT2D eigenvalue weighted by atomic mass is 10.0. The molecule has 2 heterocycles. The number of fused-ring (bicyclic) bond motifs is 1. The van der Waals surface area contributed by atoms with E-state index in [-0.39, 0.29) is 10.8 Å². The summed E-state index contributed by atoms with van der Waals surface area (Å²) in [6.07, 6.45) is 1.83. The molecule has 0 spiro atoms. The van der Waals surface area contributed by atoms with E-state index in [1.54, 1.807) is 17.0 Å². The van der Waals surface area contributed by atoms with Crippen molar-refractivity contribution in [2.75, 3.05) is 37.7 Å². The summed E-state index contributed by atoms with van der Waals surface area (Å²) in [5.74, 6) is -0.182. The largest absolute Gasteiger partial charge is 0.379 e. The van der Waals surface area contributed by atoms with E-state index >= 15 is 0 Å². The monoisotopic (exact) mass is 464 g/mol. The van der Waals surface area contributed by atoms with Crippen LogP contribution in [0.4, 0.5) is 5.69 Å². The van der Waals surface area contributed by atoms with Crippen molar-refractivity contribution in [1.82, 2.24) is 4.31 Å². The Morgan fingerprint density at radius 2 is 1.79 bits per heavy atom. The molecule has 6 nitrogen and oxygen atoms in total. The average Bonchev–Trinajstić information content (AvgIpc) is 2.73. The fourth-order valence-electron chi connectivity index (χ4n) is 3.66. The molecule has 28 heavy (non-hydrogen) atoms. The van der Waals surface area contributed by atoms with E-state index in [1.165, 1.54) is 10.4 Å². The lowest BCUT2D eigenvalue weighted by Gasteiger charge is -2.30. The molecule has 1 fully saturated rings. The van der Waals surface area contributed by atoms with E-state index < -0.39 is 10.0 Å². The smallest absolute Gasteiger partial charge is 0.258 e. The van der Waals surface area contributed by atoms with Crippen molar-refractivity contribution in [2.45, 2.75) is 17.7 Å². The average molecular weight is 465 g/mol. The molecule has 0 unspecified atom stereocenters. The van der Waals surface area contributed by atoms with Crippen molar-refractivity contribution in [3.05, 3.63) is 58.1 Å². The van der Waals surface area contributed by atoms with Gasteiger partial charge in [0.2, 0.25) is 10.0 Å². The number of anilines is 1. The van der Waals surface area contributed by atoms with Crippen molar-refractivity contribution in [1.29, 1.82) is 0 Å². The van der Waals surface area contributed by atoms with Gasteiger partial charge in [-0.15, -0.1) is 0 Å². The number of rotatable bonds is 3. The second-order valence-electron chi connectivity index (χ2n) is 6.85. The molecule has 4 rings (SSSR count). The molecule has 0 saturated carbocycles. The van der Waals surface area contributed by atoms with E-state index in [0.29, 0.717) is 42.9 Å². The minimum absolute atomic E-state index is 0.116. The van der Waals surface area contributed by atoms with Crippen LogP contribution in [0.1, 0.15) is 22.3 Å². The van der Waals surface area contributed by atoms with Gasteiger partial charge >= 0.3 is 0 Å².